The molecule has 0 aliphatic rings. The van der Waals surface area contributed by atoms with Crippen LogP contribution in [0.15, 0.2) is 42.5 Å². The van der Waals surface area contributed by atoms with Crippen molar-refractivity contribution in [3.63, 3.8) is 0 Å². The van der Waals surface area contributed by atoms with Gasteiger partial charge in [0.1, 0.15) is 0 Å². The van der Waals surface area contributed by atoms with Gasteiger partial charge in [0.2, 0.25) is 0 Å². The molecule has 2 heterocycles. The molecule has 0 spiro atoms. The van der Waals surface area contributed by atoms with Crippen LogP contribution in [0.4, 0.5) is 5.82 Å². The number of aromatic nitrogens is 4. The smallest absolute Gasteiger partial charge is 0.320 e. The molecule has 0 amide bonds. The number of benzene rings is 2. The Hall–Kier alpha value is -3.35. The second kappa shape index (κ2) is 7.11. The summed E-state index contributed by atoms with van der Waals surface area (Å²) in [4.78, 5) is 12.7. The molecule has 3 N–H and O–H groups in total. The van der Waals surface area contributed by atoms with E-state index in [0.29, 0.717) is 24.3 Å². The first-order chi connectivity index (χ1) is 13.2. The van der Waals surface area contributed by atoms with Crippen molar-refractivity contribution in [3.05, 3.63) is 48.0 Å². The zero-order valence-corrected chi connectivity index (χ0v) is 15.1. The Morgan fingerprint density at radius 2 is 1.89 bits per heavy atom. The molecule has 0 atom stereocenters. The number of imidazole rings is 1. The number of nitrogens with two attached hydrogens (primary N) is 1. The Morgan fingerprint density at radius 3 is 2.70 bits per heavy atom. The first-order valence-corrected chi connectivity index (χ1v) is 8.99. The molecule has 27 heavy (non-hydrogen) atoms. The van der Waals surface area contributed by atoms with E-state index in [1.165, 1.54) is 5.39 Å². The Bertz CT molecular complexity index is 1110. The predicted octanol–water partition coefficient (Wildman–Crippen LogP) is 3.49. The van der Waals surface area contributed by atoms with E-state index < -0.39 is 0 Å². The zero-order valence-electron chi connectivity index (χ0n) is 15.1. The molecular weight excluding hydrogens is 342 g/mol. The van der Waals surface area contributed by atoms with Gasteiger partial charge in [0.25, 0.3) is 6.01 Å². The van der Waals surface area contributed by atoms with Crippen LogP contribution in [0, 0.1) is 0 Å². The van der Waals surface area contributed by atoms with E-state index >= 15 is 0 Å². The standard InChI is InChI=1S/C20H21N5O2/c1-2-3-10-27-19-23-17(21)16-18(24-19)25(20(26)22-16)12-13-8-9-14-6-4-5-7-15(14)11-13/h4-9,11H,2-3,10,12H2,1H3,(H,22,26)(H2,21,23,24). The minimum Gasteiger partial charge on any atom is -0.480 e. The van der Waals surface area contributed by atoms with Gasteiger partial charge >= 0.3 is 6.01 Å². The minimum atomic E-state index is -0.148. The lowest BCUT2D eigenvalue weighted by molar-refractivity contribution is 0.286. The Labute approximate surface area is 156 Å². The van der Waals surface area contributed by atoms with E-state index in [9.17, 15) is 5.11 Å². The number of hydrogen-bond donors (Lipinski definition) is 2. The maximum absolute atomic E-state index is 10.3. The Kier molecular flexibility index (Phi) is 4.50. The normalized spacial score (nSPS) is 11.3. The van der Waals surface area contributed by atoms with Crippen molar-refractivity contribution in [2.24, 2.45) is 0 Å². The zero-order chi connectivity index (χ0) is 18.8. The number of ether oxygens (including phenoxy) is 1. The van der Waals surface area contributed by atoms with Gasteiger partial charge in [-0.2, -0.15) is 15.0 Å². The van der Waals surface area contributed by atoms with Gasteiger partial charge in [-0.05, 0) is 28.8 Å². The molecule has 0 saturated carbocycles. The maximum atomic E-state index is 10.3. The van der Waals surface area contributed by atoms with E-state index in [1.54, 1.807) is 4.57 Å². The van der Waals surface area contributed by atoms with Gasteiger partial charge in [-0.3, -0.25) is 4.57 Å². The largest absolute Gasteiger partial charge is 0.480 e. The second-order valence-corrected chi connectivity index (χ2v) is 6.45. The van der Waals surface area contributed by atoms with Crippen molar-refractivity contribution in [3.8, 4) is 12.0 Å². The molecule has 0 radical (unpaired) electrons. The number of nitrogen functional groups attached to an aromatic ring is 1. The van der Waals surface area contributed by atoms with Crippen molar-refractivity contribution >= 4 is 27.8 Å². The van der Waals surface area contributed by atoms with E-state index in [-0.39, 0.29) is 17.8 Å². The molecule has 0 fully saturated rings. The summed E-state index contributed by atoms with van der Waals surface area (Å²) in [5.74, 6) is 0.194. The van der Waals surface area contributed by atoms with Gasteiger partial charge in [0, 0.05) is 0 Å². The van der Waals surface area contributed by atoms with Crippen LogP contribution >= 0.6 is 0 Å². The molecule has 0 aliphatic heterocycles. The monoisotopic (exact) mass is 363 g/mol. The van der Waals surface area contributed by atoms with Gasteiger partial charge in [-0.15, -0.1) is 0 Å². The van der Waals surface area contributed by atoms with Gasteiger partial charge in [-0.25, -0.2) is 0 Å². The van der Waals surface area contributed by atoms with Gasteiger partial charge in [0.05, 0.1) is 13.2 Å². The third-order valence-electron chi connectivity index (χ3n) is 4.46. The van der Waals surface area contributed by atoms with Crippen LogP contribution in [0.3, 0.4) is 0 Å². The minimum absolute atomic E-state index is 0.148. The van der Waals surface area contributed by atoms with Gasteiger partial charge < -0.3 is 15.6 Å². The molecule has 4 rings (SSSR count). The SMILES string of the molecule is CCCCOc1nc(N)c2nc(O)n(Cc3ccc4ccccc4c3)c2n1. The number of unbranched alkanes of at least 4 members (excludes halogenated alkanes) is 1. The van der Waals surface area contributed by atoms with Gasteiger partial charge in [-0.1, -0.05) is 49.7 Å². The molecule has 7 heteroatoms. The summed E-state index contributed by atoms with van der Waals surface area (Å²) in [6.45, 7) is 3.02. The van der Waals surface area contributed by atoms with Crippen molar-refractivity contribution < 1.29 is 9.84 Å². The predicted molar refractivity (Wildman–Crippen MR) is 105 cm³/mol. The number of aromatic hydroxyl groups is 1. The molecule has 7 nitrogen and oxygen atoms in total. The molecule has 2 aromatic heterocycles. The van der Waals surface area contributed by atoms with Crippen molar-refractivity contribution in [1.82, 2.24) is 19.5 Å². The number of rotatable bonds is 6. The Morgan fingerprint density at radius 1 is 1.07 bits per heavy atom. The van der Waals surface area contributed by atoms with Crippen molar-refractivity contribution in [2.75, 3.05) is 12.3 Å². The first kappa shape index (κ1) is 17.1. The summed E-state index contributed by atoms with van der Waals surface area (Å²) >= 11 is 0. The van der Waals surface area contributed by atoms with Crippen LogP contribution in [0.1, 0.15) is 25.3 Å². The molecule has 0 saturated heterocycles. The lowest BCUT2D eigenvalue weighted by Crippen LogP contribution is -2.06. The molecule has 0 unspecified atom stereocenters. The second-order valence-electron chi connectivity index (χ2n) is 6.45. The van der Waals surface area contributed by atoms with Crippen LogP contribution in [-0.2, 0) is 6.54 Å². The molecule has 0 bridgehead atoms. The van der Waals surface area contributed by atoms with Crippen LogP contribution in [-0.4, -0.2) is 31.2 Å². The molecular formula is C20H21N5O2. The topological polar surface area (TPSA) is 99.1 Å². The average molecular weight is 363 g/mol. The van der Waals surface area contributed by atoms with Crippen LogP contribution in [0.2, 0.25) is 0 Å². The summed E-state index contributed by atoms with van der Waals surface area (Å²) in [5, 5.41) is 12.6. The number of nitrogens with zero attached hydrogens (tertiary/aromatic N) is 4. The highest BCUT2D eigenvalue weighted by Gasteiger charge is 2.17. The highest BCUT2D eigenvalue weighted by atomic mass is 16.5. The van der Waals surface area contributed by atoms with E-state index in [4.69, 9.17) is 10.5 Å². The van der Waals surface area contributed by atoms with E-state index in [1.807, 2.05) is 18.2 Å². The lowest BCUT2D eigenvalue weighted by Gasteiger charge is -2.08. The highest BCUT2D eigenvalue weighted by Crippen LogP contribution is 2.26. The quantitative estimate of drug-likeness (QED) is 0.509. The van der Waals surface area contributed by atoms with Crippen LogP contribution in [0.5, 0.6) is 12.0 Å². The van der Waals surface area contributed by atoms with Crippen LogP contribution < -0.4 is 10.5 Å². The average Bonchev–Trinajstić information content (AvgIpc) is 2.98. The molecule has 2 aromatic carbocycles. The molecule has 4 aromatic rings. The van der Waals surface area contributed by atoms with E-state index in [0.717, 1.165) is 23.8 Å². The fourth-order valence-corrected chi connectivity index (χ4v) is 3.03. The summed E-state index contributed by atoms with van der Waals surface area (Å²) < 4.78 is 7.20. The highest BCUT2D eigenvalue weighted by molar-refractivity contribution is 5.84. The maximum Gasteiger partial charge on any atom is 0.320 e. The van der Waals surface area contributed by atoms with Crippen molar-refractivity contribution in [1.29, 1.82) is 0 Å². The summed E-state index contributed by atoms with van der Waals surface area (Å²) in [6, 6.07) is 14.4. The summed E-state index contributed by atoms with van der Waals surface area (Å²) in [6.07, 6.45) is 1.92. The van der Waals surface area contributed by atoms with Gasteiger partial charge in [0.15, 0.2) is 17.0 Å². The molecule has 138 valence electrons. The Balaban J connectivity index is 1.72. The fourth-order valence-electron chi connectivity index (χ4n) is 3.03. The third kappa shape index (κ3) is 3.36. The van der Waals surface area contributed by atoms with Crippen molar-refractivity contribution in [2.45, 2.75) is 26.3 Å². The fraction of sp³-hybridized carbons (Fsp3) is 0.250. The summed E-state index contributed by atoms with van der Waals surface area (Å²) in [7, 11) is 0. The lowest BCUT2D eigenvalue weighted by atomic mass is 10.1. The van der Waals surface area contributed by atoms with Crippen LogP contribution in [0.25, 0.3) is 21.9 Å². The third-order valence-corrected chi connectivity index (χ3v) is 4.46. The first-order valence-electron chi connectivity index (χ1n) is 8.99. The van der Waals surface area contributed by atoms with E-state index in [2.05, 4.69) is 46.1 Å². The summed E-state index contributed by atoms with van der Waals surface area (Å²) in [5.41, 5.74) is 7.84. The number of anilines is 1. The number of hydrogen-bond acceptors (Lipinski definition) is 6. The molecule has 0 aliphatic carbocycles. The number of fused-ring (bicyclic) bond motifs is 2.